The van der Waals surface area contributed by atoms with Crippen molar-refractivity contribution in [1.29, 1.82) is 0 Å². The topological polar surface area (TPSA) is 56.3 Å². The Labute approximate surface area is 164 Å². The Balaban J connectivity index is 1.64. The average Bonchev–Trinajstić information content (AvgIpc) is 3.27. The van der Waals surface area contributed by atoms with Crippen molar-refractivity contribution >= 4 is 46.2 Å². The van der Waals surface area contributed by atoms with Crippen molar-refractivity contribution in [2.45, 2.75) is 24.5 Å². The van der Waals surface area contributed by atoms with Gasteiger partial charge < -0.3 is 4.74 Å². The first kappa shape index (κ1) is 18.8. The smallest absolute Gasteiger partial charge is 0.339 e. The first-order valence-electron chi connectivity index (χ1n) is 7.91. The number of nitrogens with zero attached hydrogens (tertiary/aromatic N) is 1. The maximum absolute atomic E-state index is 12.5. The summed E-state index contributed by atoms with van der Waals surface area (Å²) in [5, 5.41) is 1.98. The van der Waals surface area contributed by atoms with Gasteiger partial charge in [-0.2, -0.15) is 0 Å². The van der Waals surface area contributed by atoms with Crippen LogP contribution in [-0.2, 0) is 10.5 Å². The number of aryl methyl sites for hydroxylation is 2. The number of carbonyl (C=O) groups excluding carboxylic acids is 2. The highest BCUT2D eigenvalue weighted by atomic mass is 32.2. The number of Topliss-reactive ketones (excluding diaryl/α,β-unsaturated/α-hetero) is 1. The molecule has 0 fully saturated rings. The summed E-state index contributed by atoms with van der Waals surface area (Å²) in [5.74, 6) is 0.0252. The zero-order valence-electron chi connectivity index (χ0n) is 14.4. The molecule has 0 aliphatic carbocycles. The Morgan fingerprint density at radius 2 is 2.00 bits per heavy atom. The molecule has 134 valence electrons. The molecular formula is C19H17NO3S3. The van der Waals surface area contributed by atoms with E-state index in [1.54, 1.807) is 40.3 Å². The van der Waals surface area contributed by atoms with Crippen LogP contribution in [-0.4, -0.2) is 23.3 Å². The third-order valence-corrected chi connectivity index (χ3v) is 6.35. The number of thiophene rings is 1. The van der Waals surface area contributed by atoms with Crippen LogP contribution in [0.4, 0.5) is 0 Å². The average molecular weight is 404 g/mol. The van der Waals surface area contributed by atoms with Gasteiger partial charge in [-0.05, 0) is 32.0 Å². The van der Waals surface area contributed by atoms with E-state index < -0.39 is 5.97 Å². The number of aromatic nitrogens is 1. The van der Waals surface area contributed by atoms with E-state index in [1.807, 2.05) is 37.4 Å². The standard InChI is InChI=1S/C19H17NO3S3/c1-12-7-16(13(2)26-12)17(21)8-23-19(22)15-5-3-4-6-18(15)25-10-14-9-24-11-20-14/h3-7,9,11H,8,10H2,1-2H3. The lowest BCUT2D eigenvalue weighted by Gasteiger charge is -2.08. The largest absolute Gasteiger partial charge is 0.454 e. The van der Waals surface area contributed by atoms with Gasteiger partial charge in [-0.3, -0.25) is 4.79 Å². The summed E-state index contributed by atoms with van der Waals surface area (Å²) in [6.07, 6.45) is 0. The molecule has 0 unspecified atom stereocenters. The van der Waals surface area contributed by atoms with Crippen LogP contribution in [0.3, 0.4) is 0 Å². The molecule has 2 aromatic heterocycles. The van der Waals surface area contributed by atoms with E-state index in [1.165, 1.54) is 11.8 Å². The second-order valence-corrected chi connectivity index (χ2v) is 8.79. The third-order valence-electron chi connectivity index (χ3n) is 3.64. The minimum absolute atomic E-state index is 0.173. The van der Waals surface area contributed by atoms with E-state index >= 15 is 0 Å². The number of esters is 1. The molecule has 7 heteroatoms. The van der Waals surface area contributed by atoms with Crippen molar-refractivity contribution < 1.29 is 14.3 Å². The zero-order chi connectivity index (χ0) is 18.5. The Morgan fingerprint density at radius 3 is 2.69 bits per heavy atom. The first-order chi connectivity index (χ1) is 12.5. The molecule has 0 atom stereocenters. The van der Waals surface area contributed by atoms with Crippen molar-refractivity contribution in [2.75, 3.05) is 6.61 Å². The molecular weight excluding hydrogens is 386 g/mol. The Morgan fingerprint density at radius 1 is 1.19 bits per heavy atom. The lowest BCUT2D eigenvalue weighted by Crippen LogP contribution is -2.15. The van der Waals surface area contributed by atoms with Gasteiger partial charge in [0.15, 0.2) is 6.61 Å². The van der Waals surface area contributed by atoms with Crippen molar-refractivity contribution in [2.24, 2.45) is 0 Å². The van der Waals surface area contributed by atoms with Crippen molar-refractivity contribution in [3.8, 4) is 0 Å². The summed E-state index contributed by atoms with van der Waals surface area (Å²) < 4.78 is 5.28. The van der Waals surface area contributed by atoms with Gasteiger partial charge in [-0.15, -0.1) is 34.4 Å². The van der Waals surface area contributed by atoms with Crippen LogP contribution >= 0.6 is 34.4 Å². The maximum Gasteiger partial charge on any atom is 0.339 e. The zero-order valence-corrected chi connectivity index (χ0v) is 16.8. The monoisotopic (exact) mass is 403 g/mol. The molecule has 0 spiro atoms. The number of thiazole rings is 1. The van der Waals surface area contributed by atoms with Gasteiger partial charge in [0.05, 0.1) is 16.8 Å². The molecule has 4 nitrogen and oxygen atoms in total. The molecule has 0 radical (unpaired) electrons. The van der Waals surface area contributed by atoms with Crippen LogP contribution in [0.2, 0.25) is 0 Å². The number of rotatable bonds is 7. The molecule has 0 bridgehead atoms. The van der Waals surface area contributed by atoms with Crippen LogP contribution in [0.15, 0.2) is 46.1 Å². The second-order valence-electron chi connectivity index (χ2n) is 5.59. The Hall–Kier alpha value is -1.96. The summed E-state index contributed by atoms with van der Waals surface area (Å²) in [6, 6.07) is 9.10. The summed E-state index contributed by atoms with van der Waals surface area (Å²) in [7, 11) is 0. The van der Waals surface area contributed by atoms with E-state index in [2.05, 4.69) is 4.98 Å². The van der Waals surface area contributed by atoms with Crippen molar-refractivity contribution in [3.05, 3.63) is 67.8 Å². The van der Waals surface area contributed by atoms with Crippen molar-refractivity contribution in [1.82, 2.24) is 4.98 Å². The molecule has 2 heterocycles. The number of ether oxygens (including phenoxy) is 1. The molecule has 0 aliphatic rings. The molecule has 3 rings (SSSR count). The summed E-state index contributed by atoms with van der Waals surface area (Å²) in [4.78, 5) is 31.8. The summed E-state index contributed by atoms with van der Waals surface area (Å²) >= 11 is 4.64. The van der Waals surface area contributed by atoms with Crippen LogP contribution in [0.5, 0.6) is 0 Å². The predicted octanol–water partition coefficient (Wildman–Crippen LogP) is 5.15. The fourth-order valence-corrected chi connectivity index (χ4v) is 4.97. The highest BCUT2D eigenvalue weighted by Crippen LogP contribution is 2.27. The SMILES string of the molecule is Cc1cc(C(=O)COC(=O)c2ccccc2SCc2cscn2)c(C)s1. The third kappa shape index (κ3) is 4.60. The normalized spacial score (nSPS) is 10.7. The number of thioether (sulfide) groups is 1. The quantitative estimate of drug-likeness (QED) is 0.310. The number of hydrogen-bond donors (Lipinski definition) is 0. The fourth-order valence-electron chi connectivity index (χ4n) is 2.42. The lowest BCUT2D eigenvalue weighted by molar-refractivity contribution is 0.0471. The van der Waals surface area contributed by atoms with E-state index in [-0.39, 0.29) is 12.4 Å². The predicted molar refractivity (Wildman–Crippen MR) is 107 cm³/mol. The highest BCUT2D eigenvalue weighted by Gasteiger charge is 2.17. The molecule has 1 aromatic carbocycles. The van der Waals surface area contributed by atoms with E-state index in [0.717, 1.165) is 20.3 Å². The number of benzene rings is 1. The van der Waals surface area contributed by atoms with Gasteiger partial charge in [0, 0.05) is 31.3 Å². The molecule has 0 saturated heterocycles. The summed E-state index contributed by atoms with van der Waals surface area (Å²) in [6.45, 7) is 3.61. The Kier molecular flexibility index (Phi) is 6.24. The van der Waals surface area contributed by atoms with Crippen molar-refractivity contribution in [3.63, 3.8) is 0 Å². The fraction of sp³-hybridized carbons (Fsp3) is 0.211. The van der Waals surface area contributed by atoms with E-state index in [4.69, 9.17) is 4.74 Å². The maximum atomic E-state index is 12.5. The van der Waals surface area contributed by atoms with Gasteiger partial charge in [0.25, 0.3) is 0 Å². The van der Waals surface area contributed by atoms with Gasteiger partial charge in [-0.1, -0.05) is 12.1 Å². The van der Waals surface area contributed by atoms with Crippen LogP contribution < -0.4 is 0 Å². The number of carbonyl (C=O) groups is 2. The Bertz CT molecular complexity index is 916. The van der Waals surface area contributed by atoms with Crippen LogP contribution in [0, 0.1) is 13.8 Å². The molecule has 0 N–H and O–H groups in total. The van der Waals surface area contributed by atoms with Gasteiger partial charge in [0.2, 0.25) is 5.78 Å². The first-order valence-corrected chi connectivity index (χ1v) is 10.7. The van der Waals surface area contributed by atoms with Crippen LogP contribution in [0.1, 0.15) is 36.2 Å². The number of ketones is 1. The second kappa shape index (κ2) is 8.62. The molecule has 3 aromatic rings. The molecule has 26 heavy (non-hydrogen) atoms. The molecule has 0 aliphatic heterocycles. The van der Waals surface area contributed by atoms with Gasteiger partial charge in [-0.25, -0.2) is 9.78 Å². The highest BCUT2D eigenvalue weighted by molar-refractivity contribution is 7.98. The molecule has 0 amide bonds. The van der Waals surface area contributed by atoms with Crippen LogP contribution in [0.25, 0.3) is 0 Å². The van der Waals surface area contributed by atoms with E-state index in [9.17, 15) is 9.59 Å². The molecule has 0 saturated carbocycles. The minimum Gasteiger partial charge on any atom is -0.454 e. The van der Waals surface area contributed by atoms with Gasteiger partial charge in [0.1, 0.15) is 0 Å². The summed E-state index contributed by atoms with van der Waals surface area (Å²) in [5.41, 5.74) is 3.86. The van der Waals surface area contributed by atoms with E-state index in [0.29, 0.717) is 16.9 Å². The lowest BCUT2D eigenvalue weighted by atomic mass is 10.2. The number of hydrogen-bond acceptors (Lipinski definition) is 7. The van der Waals surface area contributed by atoms with Gasteiger partial charge >= 0.3 is 5.97 Å². The minimum atomic E-state index is -0.482.